The van der Waals surface area contributed by atoms with Crippen LogP contribution in [0.4, 0.5) is 10.7 Å². The Balaban J connectivity index is 2.13. The van der Waals surface area contributed by atoms with Gasteiger partial charge in [0.2, 0.25) is 0 Å². The lowest BCUT2D eigenvalue weighted by Crippen LogP contribution is -1.93. The Labute approximate surface area is 122 Å². The summed E-state index contributed by atoms with van der Waals surface area (Å²) in [4.78, 5) is 0. The SMILES string of the molecule is Cc1nsc(Nc2c(Cl)ccc3nsnc23)c1C#N. The van der Waals surface area contributed by atoms with Gasteiger partial charge in [0.1, 0.15) is 27.7 Å². The average Bonchev–Trinajstić information content (AvgIpc) is 2.99. The van der Waals surface area contributed by atoms with Gasteiger partial charge in [-0.3, -0.25) is 0 Å². The summed E-state index contributed by atoms with van der Waals surface area (Å²) in [5.74, 6) is 0. The minimum atomic E-state index is 0.529. The summed E-state index contributed by atoms with van der Waals surface area (Å²) in [7, 11) is 0. The third kappa shape index (κ3) is 2.04. The first-order valence-corrected chi connectivity index (χ1v) is 7.13. The fourth-order valence-corrected chi connectivity index (χ4v) is 3.14. The first-order valence-electron chi connectivity index (χ1n) is 5.25. The first kappa shape index (κ1) is 12.3. The van der Waals surface area contributed by atoms with Crippen molar-refractivity contribution in [3.8, 4) is 6.07 Å². The lowest BCUT2D eigenvalue weighted by Gasteiger charge is -2.06. The highest BCUT2D eigenvalue weighted by atomic mass is 35.5. The zero-order valence-corrected chi connectivity index (χ0v) is 12.0. The summed E-state index contributed by atoms with van der Waals surface area (Å²) in [6.45, 7) is 1.80. The predicted molar refractivity (Wildman–Crippen MR) is 77.3 cm³/mol. The van der Waals surface area contributed by atoms with E-state index in [-0.39, 0.29) is 0 Å². The Bertz CT molecular complexity index is 801. The second-order valence-electron chi connectivity index (χ2n) is 3.76. The number of benzene rings is 1. The minimum absolute atomic E-state index is 0.529. The van der Waals surface area contributed by atoms with Crippen molar-refractivity contribution >= 4 is 56.6 Å². The lowest BCUT2D eigenvalue weighted by molar-refractivity contribution is 1.31. The molecule has 0 aliphatic carbocycles. The van der Waals surface area contributed by atoms with E-state index in [9.17, 15) is 0 Å². The van der Waals surface area contributed by atoms with E-state index < -0.39 is 0 Å². The number of anilines is 2. The fourth-order valence-electron chi connectivity index (χ4n) is 1.65. The van der Waals surface area contributed by atoms with E-state index in [1.165, 1.54) is 11.5 Å². The van der Waals surface area contributed by atoms with Crippen molar-refractivity contribution in [2.24, 2.45) is 0 Å². The standard InChI is InChI=1S/C11H6ClN5S2/c1-5-6(4-13)11(18-15-5)14-9-7(12)2-3-8-10(9)17-19-16-8/h2-3,14H,1H3. The zero-order chi connectivity index (χ0) is 13.4. The Morgan fingerprint density at radius 2 is 2.16 bits per heavy atom. The van der Waals surface area contributed by atoms with Crippen LogP contribution in [0.1, 0.15) is 11.3 Å². The number of aryl methyl sites for hydroxylation is 1. The predicted octanol–water partition coefficient (Wildman–Crippen LogP) is 3.72. The van der Waals surface area contributed by atoms with Gasteiger partial charge in [0.15, 0.2) is 0 Å². The number of nitrogens with one attached hydrogen (secondary N) is 1. The highest BCUT2D eigenvalue weighted by molar-refractivity contribution is 7.10. The van der Waals surface area contributed by atoms with Crippen molar-refractivity contribution in [2.45, 2.75) is 6.92 Å². The molecule has 0 radical (unpaired) electrons. The molecule has 1 N–H and O–H groups in total. The molecule has 0 unspecified atom stereocenters. The number of hydrogen-bond donors (Lipinski definition) is 1. The van der Waals surface area contributed by atoms with Gasteiger partial charge in [0.25, 0.3) is 0 Å². The van der Waals surface area contributed by atoms with Gasteiger partial charge in [0.05, 0.1) is 28.1 Å². The summed E-state index contributed by atoms with van der Waals surface area (Å²) in [5, 5.41) is 13.5. The van der Waals surface area contributed by atoms with Gasteiger partial charge in [-0.1, -0.05) is 11.6 Å². The molecule has 0 atom stereocenters. The monoisotopic (exact) mass is 307 g/mol. The molecule has 3 aromatic rings. The topological polar surface area (TPSA) is 74.5 Å². The normalized spacial score (nSPS) is 10.6. The maximum absolute atomic E-state index is 9.13. The molecule has 2 aromatic heterocycles. The van der Waals surface area contributed by atoms with Crippen LogP contribution in [0, 0.1) is 18.3 Å². The van der Waals surface area contributed by atoms with Crippen LogP contribution in [0.25, 0.3) is 11.0 Å². The number of fused-ring (bicyclic) bond motifs is 1. The van der Waals surface area contributed by atoms with Crippen molar-refractivity contribution in [1.29, 1.82) is 5.26 Å². The summed E-state index contributed by atoms with van der Waals surface area (Å²) in [6.07, 6.45) is 0. The van der Waals surface area contributed by atoms with Crippen LogP contribution in [0.3, 0.4) is 0 Å². The zero-order valence-electron chi connectivity index (χ0n) is 9.64. The van der Waals surface area contributed by atoms with Gasteiger partial charge in [-0.05, 0) is 30.6 Å². The van der Waals surface area contributed by atoms with E-state index in [0.717, 1.165) is 17.2 Å². The molecule has 94 valence electrons. The number of hydrogen-bond acceptors (Lipinski definition) is 7. The van der Waals surface area contributed by atoms with E-state index >= 15 is 0 Å². The lowest BCUT2D eigenvalue weighted by atomic mass is 10.2. The molecule has 0 fully saturated rings. The van der Waals surface area contributed by atoms with E-state index in [1.807, 2.05) is 6.07 Å². The molecule has 8 heteroatoms. The number of nitrogens with zero attached hydrogens (tertiary/aromatic N) is 4. The Morgan fingerprint density at radius 1 is 1.32 bits per heavy atom. The van der Waals surface area contributed by atoms with Gasteiger partial charge < -0.3 is 5.32 Å². The number of halogens is 1. The van der Waals surface area contributed by atoms with Crippen LogP contribution in [0.5, 0.6) is 0 Å². The molecule has 5 nitrogen and oxygen atoms in total. The van der Waals surface area contributed by atoms with Crippen molar-refractivity contribution in [2.75, 3.05) is 5.32 Å². The molecule has 0 amide bonds. The van der Waals surface area contributed by atoms with Crippen molar-refractivity contribution < 1.29 is 0 Å². The average molecular weight is 308 g/mol. The van der Waals surface area contributed by atoms with E-state index in [4.69, 9.17) is 16.9 Å². The molecule has 0 aliphatic rings. The van der Waals surface area contributed by atoms with Crippen LogP contribution >= 0.6 is 34.9 Å². The van der Waals surface area contributed by atoms with Crippen molar-refractivity contribution in [3.63, 3.8) is 0 Å². The molecule has 1 aromatic carbocycles. The highest BCUT2D eigenvalue weighted by Crippen LogP contribution is 2.35. The van der Waals surface area contributed by atoms with E-state index in [1.54, 1.807) is 13.0 Å². The Hall–Kier alpha value is -1.75. The summed E-state index contributed by atoms with van der Waals surface area (Å²) >= 11 is 8.54. The third-order valence-corrected chi connectivity index (χ3v) is 4.30. The molecule has 2 heterocycles. The molecular formula is C11H6ClN5S2. The van der Waals surface area contributed by atoms with Gasteiger partial charge in [-0.25, -0.2) is 0 Å². The summed E-state index contributed by atoms with van der Waals surface area (Å²) in [5.41, 5.74) is 3.37. The Morgan fingerprint density at radius 3 is 2.95 bits per heavy atom. The second-order valence-corrected chi connectivity index (χ2v) is 5.47. The fraction of sp³-hybridized carbons (Fsp3) is 0.0909. The molecular weight excluding hydrogens is 302 g/mol. The third-order valence-electron chi connectivity index (χ3n) is 2.59. The molecule has 0 saturated carbocycles. The summed E-state index contributed by atoms with van der Waals surface area (Å²) < 4.78 is 12.5. The van der Waals surface area contributed by atoms with Crippen molar-refractivity contribution in [1.82, 2.24) is 13.1 Å². The number of nitriles is 1. The molecule has 0 spiro atoms. The van der Waals surface area contributed by atoms with Crippen LogP contribution in [0.15, 0.2) is 12.1 Å². The summed E-state index contributed by atoms with van der Waals surface area (Å²) in [6, 6.07) is 5.71. The molecule has 0 bridgehead atoms. The molecule has 0 saturated heterocycles. The molecule has 19 heavy (non-hydrogen) atoms. The maximum atomic E-state index is 9.13. The maximum Gasteiger partial charge on any atom is 0.132 e. The van der Waals surface area contributed by atoms with Gasteiger partial charge in [-0.15, -0.1) is 0 Å². The first-order chi connectivity index (χ1) is 9.20. The van der Waals surface area contributed by atoms with Crippen LogP contribution in [-0.4, -0.2) is 13.1 Å². The quantitative estimate of drug-likeness (QED) is 0.781. The number of aromatic nitrogens is 3. The van der Waals surface area contributed by atoms with Crippen molar-refractivity contribution in [3.05, 3.63) is 28.4 Å². The largest absolute Gasteiger partial charge is 0.342 e. The smallest absolute Gasteiger partial charge is 0.132 e. The Kier molecular flexibility index (Phi) is 3.06. The number of rotatable bonds is 2. The van der Waals surface area contributed by atoms with Gasteiger partial charge >= 0.3 is 0 Å². The van der Waals surface area contributed by atoms with Gasteiger partial charge in [-0.2, -0.15) is 18.4 Å². The highest BCUT2D eigenvalue weighted by Gasteiger charge is 2.15. The van der Waals surface area contributed by atoms with E-state index in [0.29, 0.717) is 32.5 Å². The van der Waals surface area contributed by atoms with Crippen LogP contribution < -0.4 is 5.32 Å². The second kappa shape index (κ2) is 4.74. The molecule has 0 aliphatic heterocycles. The minimum Gasteiger partial charge on any atom is -0.342 e. The van der Waals surface area contributed by atoms with Crippen LogP contribution in [0.2, 0.25) is 5.02 Å². The van der Waals surface area contributed by atoms with Crippen LogP contribution in [-0.2, 0) is 0 Å². The molecule has 3 rings (SSSR count). The van der Waals surface area contributed by atoms with Gasteiger partial charge in [0, 0.05) is 0 Å². The van der Waals surface area contributed by atoms with E-state index in [2.05, 4.69) is 24.5 Å².